The normalized spacial score (nSPS) is 39.5. The van der Waals surface area contributed by atoms with Gasteiger partial charge < -0.3 is 9.47 Å². The van der Waals surface area contributed by atoms with Crippen LogP contribution in [0.3, 0.4) is 0 Å². The van der Waals surface area contributed by atoms with Crippen LogP contribution in [0.1, 0.15) is 76.1 Å². The molecule has 0 radical (unpaired) electrons. The highest BCUT2D eigenvalue weighted by Gasteiger charge is 2.62. The van der Waals surface area contributed by atoms with Crippen molar-refractivity contribution in [2.75, 3.05) is 0 Å². The van der Waals surface area contributed by atoms with E-state index in [0.717, 1.165) is 38.5 Å². The molecule has 3 fully saturated rings. The fourth-order valence-corrected chi connectivity index (χ4v) is 7.62. The number of carbonyl (C=O) groups excluding carboxylic acids is 3. The van der Waals surface area contributed by atoms with Crippen molar-refractivity contribution < 1.29 is 23.9 Å². The molecule has 5 heteroatoms. The minimum atomic E-state index is -0.266. The van der Waals surface area contributed by atoms with Gasteiger partial charge in [0.25, 0.3) is 0 Å². The quantitative estimate of drug-likeness (QED) is 0.586. The van der Waals surface area contributed by atoms with Crippen molar-refractivity contribution >= 4 is 17.7 Å². The smallest absolute Gasteiger partial charge is 0.338 e. The molecule has 3 saturated carbocycles. The monoisotopic (exact) mass is 450 g/mol. The Bertz CT molecular complexity index is 997. The first-order chi connectivity index (χ1) is 15.7. The molecular weight excluding hydrogens is 416 g/mol. The van der Waals surface area contributed by atoms with E-state index >= 15 is 0 Å². The first-order valence-electron chi connectivity index (χ1n) is 12.4. The summed E-state index contributed by atoms with van der Waals surface area (Å²) in [6.07, 6.45) is 7.75. The summed E-state index contributed by atoms with van der Waals surface area (Å²) in [5.74, 6) is 0.241. The standard InChI is InChI=1S/C28H34O5/c1-17(29)32-20-11-13-27(2)19(15-20)16-23(30)25-21-9-10-24(28(21,3)14-12-22(25)27)33-26(31)18-7-5-4-6-8-18/h4-8,16,20-22,24-25H,9-15H2,1-3H3/t20-,21+,22+,24+,25+,27-,28-/m0/s1. The van der Waals surface area contributed by atoms with Gasteiger partial charge in [-0.25, -0.2) is 4.79 Å². The van der Waals surface area contributed by atoms with Crippen LogP contribution in [0.2, 0.25) is 0 Å². The minimum absolute atomic E-state index is 0.0109. The first kappa shape index (κ1) is 22.4. The largest absolute Gasteiger partial charge is 0.462 e. The average Bonchev–Trinajstić information content (AvgIpc) is 3.11. The number of hydrogen-bond donors (Lipinski definition) is 0. The second-order valence-electron chi connectivity index (χ2n) is 11.1. The molecule has 0 bridgehead atoms. The SMILES string of the molecule is CC(=O)O[C@H]1CC[C@@]2(C)C(=CC(=O)[C@@H]3[C@H]4CC[C@@H](OC(=O)c5ccccc5)[C@@]4(C)CC[C@H]32)C1. The molecule has 7 atom stereocenters. The molecule has 0 unspecified atom stereocenters. The van der Waals surface area contributed by atoms with E-state index < -0.39 is 0 Å². The summed E-state index contributed by atoms with van der Waals surface area (Å²) in [4.78, 5) is 37.7. The Balaban J connectivity index is 1.37. The molecule has 1 aromatic carbocycles. The van der Waals surface area contributed by atoms with Crippen LogP contribution in [0.15, 0.2) is 42.0 Å². The van der Waals surface area contributed by atoms with Crippen molar-refractivity contribution in [3.05, 3.63) is 47.5 Å². The van der Waals surface area contributed by atoms with Crippen LogP contribution in [-0.4, -0.2) is 29.9 Å². The third-order valence-corrected chi connectivity index (χ3v) is 9.41. The van der Waals surface area contributed by atoms with Crippen molar-refractivity contribution in [1.29, 1.82) is 0 Å². The molecule has 0 amide bonds. The summed E-state index contributed by atoms with van der Waals surface area (Å²) in [7, 11) is 0. The lowest BCUT2D eigenvalue weighted by atomic mass is 9.47. The summed E-state index contributed by atoms with van der Waals surface area (Å²) in [6.45, 7) is 6.00. The van der Waals surface area contributed by atoms with Gasteiger partial charge in [0.1, 0.15) is 12.2 Å². The third kappa shape index (κ3) is 3.64. The molecule has 0 aromatic heterocycles. The van der Waals surface area contributed by atoms with Gasteiger partial charge in [-0.15, -0.1) is 0 Å². The summed E-state index contributed by atoms with van der Waals surface area (Å²) in [5, 5.41) is 0. The molecule has 33 heavy (non-hydrogen) atoms. The number of allylic oxidation sites excluding steroid dienone is 1. The maximum absolute atomic E-state index is 13.5. The van der Waals surface area contributed by atoms with Gasteiger partial charge in [-0.1, -0.05) is 37.6 Å². The van der Waals surface area contributed by atoms with Crippen molar-refractivity contribution in [2.45, 2.75) is 77.9 Å². The van der Waals surface area contributed by atoms with E-state index in [0.29, 0.717) is 17.9 Å². The summed E-state index contributed by atoms with van der Waals surface area (Å²) >= 11 is 0. The van der Waals surface area contributed by atoms with Gasteiger partial charge in [-0.2, -0.15) is 0 Å². The lowest BCUT2D eigenvalue weighted by Gasteiger charge is -2.56. The number of ketones is 1. The molecule has 0 aliphatic heterocycles. The van der Waals surface area contributed by atoms with Gasteiger partial charge in [0.05, 0.1) is 5.56 Å². The van der Waals surface area contributed by atoms with E-state index in [-0.39, 0.29) is 52.6 Å². The van der Waals surface area contributed by atoms with Crippen LogP contribution in [0.25, 0.3) is 0 Å². The molecule has 0 saturated heterocycles. The zero-order chi connectivity index (χ0) is 23.4. The summed E-state index contributed by atoms with van der Waals surface area (Å²) in [5.41, 5.74) is 1.56. The fraction of sp³-hybridized carbons (Fsp3) is 0.607. The molecule has 1 aromatic rings. The van der Waals surface area contributed by atoms with Crippen LogP contribution in [-0.2, 0) is 19.1 Å². The molecule has 4 aliphatic carbocycles. The number of fused-ring (bicyclic) bond motifs is 5. The van der Waals surface area contributed by atoms with Gasteiger partial charge in [-0.05, 0) is 74.0 Å². The lowest BCUT2D eigenvalue weighted by Crippen LogP contribution is -2.54. The second-order valence-corrected chi connectivity index (χ2v) is 11.1. The Morgan fingerprint density at radius 1 is 0.939 bits per heavy atom. The van der Waals surface area contributed by atoms with Crippen molar-refractivity contribution in [3.63, 3.8) is 0 Å². The van der Waals surface area contributed by atoms with E-state index in [4.69, 9.17) is 9.47 Å². The van der Waals surface area contributed by atoms with Crippen LogP contribution in [0, 0.1) is 28.6 Å². The zero-order valence-electron chi connectivity index (χ0n) is 19.8. The van der Waals surface area contributed by atoms with Crippen molar-refractivity contribution in [2.24, 2.45) is 28.6 Å². The Labute approximate surface area is 195 Å². The predicted octanol–water partition coefficient (Wildman–Crippen LogP) is 5.29. The van der Waals surface area contributed by atoms with Crippen LogP contribution < -0.4 is 0 Å². The average molecular weight is 451 g/mol. The Morgan fingerprint density at radius 2 is 1.70 bits per heavy atom. The van der Waals surface area contributed by atoms with Crippen molar-refractivity contribution in [1.82, 2.24) is 0 Å². The fourth-order valence-electron chi connectivity index (χ4n) is 7.62. The zero-order valence-corrected chi connectivity index (χ0v) is 19.8. The minimum Gasteiger partial charge on any atom is -0.462 e. The van der Waals surface area contributed by atoms with Gasteiger partial charge in [0, 0.05) is 24.7 Å². The summed E-state index contributed by atoms with van der Waals surface area (Å²) < 4.78 is 11.5. The van der Waals surface area contributed by atoms with E-state index in [1.165, 1.54) is 12.5 Å². The molecular formula is C28H34O5. The predicted molar refractivity (Wildman–Crippen MR) is 123 cm³/mol. The number of carbonyl (C=O) groups is 3. The van der Waals surface area contributed by atoms with E-state index in [9.17, 15) is 14.4 Å². The van der Waals surface area contributed by atoms with Crippen molar-refractivity contribution in [3.8, 4) is 0 Å². The highest BCUT2D eigenvalue weighted by Crippen LogP contribution is 2.64. The topological polar surface area (TPSA) is 69.7 Å². The van der Waals surface area contributed by atoms with E-state index in [2.05, 4.69) is 13.8 Å². The number of hydrogen-bond acceptors (Lipinski definition) is 5. The number of esters is 2. The Morgan fingerprint density at radius 3 is 2.42 bits per heavy atom. The van der Waals surface area contributed by atoms with E-state index in [1.54, 1.807) is 12.1 Å². The molecule has 5 rings (SSSR count). The molecule has 4 aliphatic rings. The highest BCUT2D eigenvalue weighted by atomic mass is 16.5. The first-order valence-corrected chi connectivity index (χ1v) is 12.4. The lowest BCUT2D eigenvalue weighted by molar-refractivity contribution is -0.149. The number of ether oxygens (including phenoxy) is 2. The van der Waals surface area contributed by atoms with Gasteiger partial charge in [-0.3, -0.25) is 9.59 Å². The molecule has 0 spiro atoms. The summed E-state index contributed by atoms with van der Waals surface area (Å²) in [6, 6.07) is 9.17. The molecule has 176 valence electrons. The Kier molecular flexibility index (Phi) is 5.49. The number of rotatable bonds is 3. The highest BCUT2D eigenvalue weighted by molar-refractivity contribution is 5.94. The van der Waals surface area contributed by atoms with Gasteiger partial charge in [0.15, 0.2) is 5.78 Å². The van der Waals surface area contributed by atoms with Gasteiger partial charge in [0.2, 0.25) is 0 Å². The molecule has 0 heterocycles. The van der Waals surface area contributed by atoms with Crippen LogP contribution in [0.4, 0.5) is 0 Å². The molecule has 0 N–H and O–H groups in total. The third-order valence-electron chi connectivity index (χ3n) is 9.41. The maximum Gasteiger partial charge on any atom is 0.338 e. The molecule has 5 nitrogen and oxygen atoms in total. The number of benzene rings is 1. The maximum atomic E-state index is 13.5. The van der Waals surface area contributed by atoms with Crippen LogP contribution in [0.5, 0.6) is 0 Å². The Hall–Kier alpha value is -2.43. The van der Waals surface area contributed by atoms with Crippen LogP contribution >= 0.6 is 0 Å². The van der Waals surface area contributed by atoms with E-state index in [1.807, 2.05) is 24.3 Å². The van der Waals surface area contributed by atoms with Gasteiger partial charge >= 0.3 is 11.9 Å². The second kappa shape index (κ2) is 8.11.